The maximum atomic E-state index is 12.9. The summed E-state index contributed by atoms with van der Waals surface area (Å²) in [4.78, 5) is 22.0. The van der Waals surface area contributed by atoms with E-state index in [1.54, 1.807) is 12.4 Å². The zero-order valence-electron chi connectivity index (χ0n) is 20.0. The Morgan fingerprint density at radius 1 is 1.00 bits per heavy atom. The molecule has 1 fully saturated rings. The van der Waals surface area contributed by atoms with Gasteiger partial charge in [-0.15, -0.1) is 0 Å². The van der Waals surface area contributed by atoms with Crippen molar-refractivity contribution in [3.05, 3.63) is 71.2 Å². The largest absolute Gasteiger partial charge is 0.355 e. The molecule has 2 aromatic heterocycles. The molecule has 4 N–H and O–H groups in total. The lowest BCUT2D eigenvalue weighted by Crippen LogP contribution is -2.26. The minimum atomic E-state index is -0.103. The molecule has 0 unspecified atom stereocenters. The molecule has 5 rings (SSSR count). The van der Waals surface area contributed by atoms with Crippen LogP contribution < -0.4 is 21.3 Å². The Balaban J connectivity index is 1.44. The van der Waals surface area contributed by atoms with Crippen LogP contribution in [-0.4, -0.2) is 28.5 Å². The third-order valence-electron chi connectivity index (χ3n) is 6.23. The molecule has 0 spiro atoms. The molecular weight excluding hydrogens is 424 g/mol. The van der Waals surface area contributed by atoms with Crippen molar-refractivity contribution in [1.29, 1.82) is 0 Å². The highest BCUT2D eigenvalue weighted by Crippen LogP contribution is 2.29. The fourth-order valence-electron chi connectivity index (χ4n) is 4.08. The van der Waals surface area contributed by atoms with E-state index in [1.165, 1.54) is 11.1 Å². The number of benzene rings is 1. The van der Waals surface area contributed by atoms with Crippen LogP contribution >= 0.6 is 0 Å². The fraction of sp³-hybridized carbons (Fsp3) is 0.370. The number of carbonyl (C=O) groups is 1. The highest BCUT2D eigenvalue weighted by atomic mass is 16.1. The number of amides is 1. The van der Waals surface area contributed by atoms with Gasteiger partial charge in [-0.05, 0) is 61.2 Å². The van der Waals surface area contributed by atoms with Crippen LogP contribution in [0.2, 0.25) is 0 Å². The summed E-state index contributed by atoms with van der Waals surface area (Å²) in [7, 11) is 0. The van der Waals surface area contributed by atoms with Crippen LogP contribution in [0.4, 0.5) is 22.9 Å². The van der Waals surface area contributed by atoms with Crippen LogP contribution in [0.3, 0.4) is 0 Å². The molecule has 0 bridgehead atoms. The van der Waals surface area contributed by atoms with Crippen molar-refractivity contribution in [2.45, 2.75) is 58.0 Å². The molecule has 1 aromatic carbocycles. The first-order valence-electron chi connectivity index (χ1n) is 12.0. The Bertz CT molecular complexity index is 1210. The maximum Gasteiger partial charge on any atom is 0.255 e. The predicted octanol–water partition coefficient (Wildman–Crippen LogP) is 4.80. The Morgan fingerprint density at radius 2 is 1.82 bits per heavy atom. The van der Waals surface area contributed by atoms with Crippen molar-refractivity contribution in [2.24, 2.45) is 0 Å². The average Bonchev–Trinajstić information content (AvgIpc) is 3.63. The molecular formula is C27H32N6O. The standard InChI is InChI=1S/C27H32N6O/c1-27(2,3)24-13-21(9-11-29-24)31-23-14-25(30-16-22(23)26(34)33-19-6-7-19)32-20-5-4-17-8-10-28-15-18(17)12-20/h4-5,9,11-14,16,19,28H,6-8,10,15H2,1-3H3,(H,33,34)(H2,29,30,31,32). The lowest BCUT2D eigenvalue weighted by Gasteiger charge is -2.20. The maximum absolute atomic E-state index is 12.9. The van der Waals surface area contributed by atoms with Gasteiger partial charge in [0.05, 0.1) is 11.3 Å². The molecule has 34 heavy (non-hydrogen) atoms. The van der Waals surface area contributed by atoms with Gasteiger partial charge in [0.2, 0.25) is 0 Å². The zero-order chi connectivity index (χ0) is 23.7. The summed E-state index contributed by atoms with van der Waals surface area (Å²) >= 11 is 0. The summed E-state index contributed by atoms with van der Waals surface area (Å²) in [5.41, 5.74) is 6.71. The predicted molar refractivity (Wildman–Crippen MR) is 136 cm³/mol. The Morgan fingerprint density at radius 3 is 2.62 bits per heavy atom. The normalized spacial score (nSPS) is 15.4. The second-order valence-electron chi connectivity index (χ2n) is 10.2. The van der Waals surface area contributed by atoms with Crippen LogP contribution in [0, 0.1) is 0 Å². The number of carbonyl (C=O) groups excluding carboxylic acids is 1. The van der Waals surface area contributed by atoms with Gasteiger partial charge in [0, 0.05) is 53.5 Å². The molecule has 7 nitrogen and oxygen atoms in total. The second-order valence-corrected chi connectivity index (χ2v) is 10.2. The number of pyridine rings is 2. The molecule has 1 aliphatic heterocycles. The van der Waals surface area contributed by atoms with Gasteiger partial charge in [-0.2, -0.15) is 0 Å². The van der Waals surface area contributed by atoms with Crippen LogP contribution in [0.1, 0.15) is 60.8 Å². The van der Waals surface area contributed by atoms with E-state index in [1.807, 2.05) is 18.2 Å². The smallest absolute Gasteiger partial charge is 0.255 e. The van der Waals surface area contributed by atoms with Crippen molar-refractivity contribution >= 4 is 28.8 Å². The van der Waals surface area contributed by atoms with Crippen molar-refractivity contribution in [3.63, 3.8) is 0 Å². The number of rotatable bonds is 6. The summed E-state index contributed by atoms with van der Waals surface area (Å²) in [5.74, 6) is 0.577. The first kappa shape index (κ1) is 22.3. The third kappa shape index (κ3) is 5.20. The Labute approximate surface area is 200 Å². The van der Waals surface area contributed by atoms with Gasteiger partial charge in [0.15, 0.2) is 0 Å². The molecule has 1 aliphatic carbocycles. The molecule has 1 amide bonds. The summed E-state index contributed by atoms with van der Waals surface area (Å²) in [6.45, 7) is 8.30. The van der Waals surface area contributed by atoms with Crippen LogP contribution in [0.25, 0.3) is 0 Å². The van der Waals surface area contributed by atoms with Crippen molar-refractivity contribution in [1.82, 2.24) is 20.6 Å². The van der Waals surface area contributed by atoms with Gasteiger partial charge in [0.25, 0.3) is 5.91 Å². The van der Waals surface area contributed by atoms with E-state index >= 15 is 0 Å². The first-order chi connectivity index (χ1) is 16.3. The monoisotopic (exact) mass is 456 g/mol. The van der Waals surface area contributed by atoms with Crippen LogP contribution in [0.5, 0.6) is 0 Å². The molecule has 0 saturated heterocycles. The number of hydrogen-bond acceptors (Lipinski definition) is 6. The zero-order valence-corrected chi connectivity index (χ0v) is 20.0. The second kappa shape index (κ2) is 9.06. The molecule has 3 heterocycles. The minimum absolute atomic E-state index is 0.0733. The van der Waals surface area contributed by atoms with E-state index in [2.05, 4.69) is 70.2 Å². The van der Waals surface area contributed by atoms with Gasteiger partial charge in [-0.3, -0.25) is 9.78 Å². The number of fused-ring (bicyclic) bond motifs is 1. The number of anilines is 4. The molecule has 1 saturated carbocycles. The Hall–Kier alpha value is -3.45. The fourth-order valence-corrected chi connectivity index (χ4v) is 4.08. The van der Waals surface area contributed by atoms with Gasteiger partial charge in [0.1, 0.15) is 5.82 Å². The molecule has 3 aromatic rings. The van der Waals surface area contributed by atoms with Crippen LogP contribution in [-0.2, 0) is 18.4 Å². The van der Waals surface area contributed by atoms with Gasteiger partial charge >= 0.3 is 0 Å². The quantitative estimate of drug-likeness (QED) is 0.426. The summed E-state index contributed by atoms with van der Waals surface area (Å²) in [6, 6.07) is 12.6. The number of nitrogens with zero attached hydrogens (tertiary/aromatic N) is 2. The van der Waals surface area contributed by atoms with E-state index in [-0.39, 0.29) is 17.4 Å². The van der Waals surface area contributed by atoms with Crippen molar-refractivity contribution < 1.29 is 4.79 Å². The highest BCUT2D eigenvalue weighted by molar-refractivity contribution is 6.00. The molecule has 0 radical (unpaired) electrons. The summed E-state index contributed by atoms with van der Waals surface area (Å²) < 4.78 is 0. The average molecular weight is 457 g/mol. The lowest BCUT2D eigenvalue weighted by atomic mass is 9.91. The van der Waals surface area contributed by atoms with Crippen LogP contribution in [0.15, 0.2) is 48.8 Å². The molecule has 7 heteroatoms. The van der Waals surface area contributed by atoms with E-state index in [0.717, 1.165) is 49.4 Å². The van der Waals surface area contributed by atoms with E-state index < -0.39 is 0 Å². The number of aromatic nitrogens is 2. The van der Waals surface area contributed by atoms with E-state index in [9.17, 15) is 4.79 Å². The lowest BCUT2D eigenvalue weighted by molar-refractivity contribution is 0.0951. The van der Waals surface area contributed by atoms with E-state index in [4.69, 9.17) is 0 Å². The SMILES string of the molecule is CC(C)(C)c1cc(Nc2cc(Nc3ccc4c(c3)CNCC4)ncc2C(=O)NC2CC2)ccn1. The van der Waals surface area contributed by atoms with Gasteiger partial charge in [-0.1, -0.05) is 26.8 Å². The minimum Gasteiger partial charge on any atom is -0.355 e. The summed E-state index contributed by atoms with van der Waals surface area (Å²) in [6.07, 6.45) is 6.57. The Kier molecular flexibility index (Phi) is 5.96. The van der Waals surface area contributed by atoms with Gasteiger partial charge < -0.3 is 21.3 Å². The number of hydrogen-bond donors (Lipinski definition) is 4. The van der Waals surface area contributed by atoms with Gasteiger partial charge in [-0.25, -0.2) is 4.98 Å². The summed E-state index contributed by atoms with van der Waals surface area (Å²) in [5, 5.41) is 13.4. The first-order valence-corrected chi connectivity index (χ1v) is 12.0. The molecule has 176 valence electrons. The van der Waals surface area contributed by atoms with Crippen molar-refractivity contribution in [3.8, 4) is 0 Å². The molecule has 0 atom stereocenters. The highest BCUT2D eigenvalue weighted by Gasteiger charge is 2.25. The van der Waals surface area contributed by atoms with Crippen molar-refractivity contribution in [2.75, 3.05) is 17.2 Å². The third-order valence-corrected chi connectivity index (χ3v) is 6.23. The number of nitrogens with one attached hydrogen (secondary N) is 4. The van der Waals surface area contributed by atoms with E-state index in [0.29, 0.717) is 17.1 Å². The topological polar surface area (TPSA) is 91.0 Å². The molecule has 2 aliphatic rings.